The van der Waals surface area contributed by atoms with Gasteiger partial charge in [0.25, 0.3) is 0 Å². The second-order valence-corrected chi connectivity index (χ2v) is 4.63. The van der Waals surface area contributed by atoms with E-state index in [9.17, 15) is 4.39 Å². The molecular weight excluding hydrogens is 259 g/mol. The lowest BCUT2D eigenvalue weighted by atomic mass is 10.1. The van der Waals surface area contributed by atoms with Gasteiger partial charge in [0.2, 0.25) is 0 Å². The summed E-state index contributed by atoms with van der Waals surface area (Å²) in [6.07, 6.45) is 2.31. The monoisotopic (exact) mass is 274 g/mol. The molecule has 15 heavy (non-hydrogen) atoms. The molecule has 0 radical (unpaired) electrons. The molecule has 0 N–H and O–H groups in total. The lowest BCUT2D eigenvalue weighted by Crippen LogP contribution is -2.08. The Morgan fingerprint density at radius 3 is 2.80 bits per heavy atom. The van der Waals surface area contributed by atoms with Gasteiger partial charge >= 0.3 is 0 Å². The number of ether oxygens (including phenoxy) is 1. The molecule has 0 saturated carbocycles. The molecule has 0 amide bonds. The molecule has 0 aliphatic carbocycles. The third-order valence-corrected chi connectivity index (χ3v) is 2.82. The highest BCUT2D eigenvalue weighted by Crippen LogP contribution is 2.26. The molecule has 0 heterocycles. The molecule has 0 saturated heterocycles. The third-order valence-electron chi connectivity index (χ3n) is 2.20. The molecule has 3 heteroatoms. The van der Waals surface area contributed by atoms with Gasteiger partial charge in [-0.1, -0.05) is 20.3 Å². The minimum absolute atomic E-state index is 0.254. The summed E-state index contributed by atoms with van der Waals surface area (Å²) in [5, 5.41) is 0. The normalized spacial score (nSPS) is 12.5. The minimum atomic E-state index is -0.254. The van der Waals surface area contributed by atoms with Crippen LogP contribution in [-0.2, 0) is 0 Å². The molecule has 0 aromatic heterocycles. The van der Waals surface area contributed by atoms with Crippen LogP contribution in [0.4, 0.5) is 4.39 Å². The van der Waals surface area contributed by atoms with Gasteiger partial charge in [0.1, 0.15) is 11.6 Å². The second kappa shape index (κ2) is 6.11. The van der Waals surface area contributed by atoms with Crippen LogP contribution in [0.1, 0.15) is 26.7 Å². The van der Waals surface area contributed by atoms with E-state index in [2.05, 4.69) is 29.8 Å². The Bertz CT molecular complexity index is 314. The van der Waals surface area contributed by atoms with Crippen molar-refractivity contribution in [2.75, 3.05) is 6.61 Å². The van der Waals surface area contributed by atoms with Gasteiger partial charge in [-0.05, 0) is 46.5 Å². The summed E-state index contributed by atoms with van der Waals surface area (Å²) < 4.78 is 19.0. The van der Waals surface area contributed by atoms with Gasteiger partial charge in [0.05, 0.1) is 11.1 Å². The predicted octanol–water partition coefficient (Wildman–Crippen LogP) is 4.40. The van der Waals surface area contributed by atoms with Crippen molar-refractivity contribution < 1.29 is 9.13 Å². The van der Waals surface area contributed by atoms with E-state index in [4.69, 9.17) is 4.74 Å². The van der Waals surface area contributed by atoms with E-state index in [1.807, 2.05) is 0 Å². The first-order valence-corrected chi connectivity index (χ1v) is 6.00. The van der Waals surface area contributed by atoms with Crippen molar-refractivity contribution in [2.45, 2.75) is 26.7 Å². The smallest absolute Gasteiger partial charge is 0.133 e. The lowest BCUT2D eigenvalue weighted by Gasteiger charge is -2.13. The average molecular weight is 275 g/mol. The largest absolute Gasteiger partial charge is 0.492 e. The maximum atomic E-state index is 12.8. The number of hydrogen-bond donors (Lipinski definition) is 0. The quantitative estimate of drug-likeness (QED) is 0.773. The Balaban J connectivity index is 2.50. The van der Waals surface area contributed by atoms with E-state index in [0.29, 0.717) is 22.7 Å². The summed E-state index contributed by atoms with van der Waals surface area (Å²) in [5.74, 6) is 0.988. The van der Waals surface area contributed by atoms with Gasteiger partial charge in [0, 0.05) is 0 Å². The molecule has 1 aromatic rings. The van der Waals surface area contributed by atoms with Crippen LogP contribution in [0.3, 0.4) is 0 Å². The van der Waals surface area contributed by atoms with Crippen LogP contribution in [-0.4, -0.2) is 6.61 Å². The molecule has 84 valence electrons. The Kier molecular flexibility index (Phi) is 5.09. The van der Waals surface area contributed by atoms with Crippen molar-refractivity contribution in [3.63, 3.8) is 0 Å². The van der Waals surface area contributed by atoms with Gasteiger partial charge in [-0.25, -0.2) is 4.39 Å². The number of hydrogen-bond acceptors (Lipinski definition) is 1. The first kappa shape index (κ1) is 12.5. The zero-order chi connectivity index (χ0) is 11.3. The van der Waals surface area contributed by atoms with E-state index in [1.165, 1.54) is 12.1 Å². The summed E-state index contributed by atoms with van der Waals surface area (Å²) in [6.45, 7) is 4.99. The van der Waals surface area contributed by atoms with E-state index < -0.39 is 0 Å². The molecule has 0 aliphatic heterocycles. The van der Waals surface area contributed by atoms with Gasteiger partial charge in [-0.3, -0.25) is 0 Å². The van der Waals surface area contributed by atoms with Gasteiger partial charge < -0.3 is 4.74 Å². The summed E-state index contributed by atoms with van der Waals surface area (Å²) in [6, 6.07) is 4.47. The first-order valence-electron chi connectivity index (χ1n) is 5.21. The first-order chi connectivity index (χ1) is 7.13. The van der Waals surface area contributed by atoms with Crippen molar-refractivity contribution in [1.29, 1.82) is 0 Å². The summed E-state index contributed by atoms with van der Waals surface area (Å²) in [4.78, 5) is 0. The fourth-order valence-electron chi connectivity index (χ4n) is 1.40. The summed E-state index contributed by atoms with van der Waals surface area (Å²) in [5.41, 5.74) is 0. The van der Waals surface area contributed by atoms with Crippen molar-refractivity contribution >= 4 is 15.9 Å². The Morgan fingerprint density at radius 2 is 2.20 bits per heavy atom. The summed E-state index contributed by atoms with van der Waals surface area (Å²) in [7, 11) is 0. The topological polar surface area (TPSA) is 9.23 Å². The fourth-order valence-corrected chi connectivity index (χ4v) is 1.87. The molecule has 1 aromatic carbocycles. The summed E-state index contributed by atoms with van der Waals surface area (Å²) >= 11 is 3.27. The Morgan fingerprint density at radius 1 is 1.47 bits per heavy atom. The average Bonchev–Trinajstić information content (AvgIpc) is 2.17. The lowest BCUT2D eigenvalue weighted by molar-refractivity contribution is 0.250. The Labute approximate surface area is 98.8 Å². The van der Waals surface area contributed by atoms with Crippen molar-refractivity contribution in [3.8, 4) is 5.75 Å². The van der Waals surface area contributed by atoms with Crippen LogP contribution >= 0.6 is 15.9 Å². The molecule has 1 rings (SSSR count). The number of halogens is 2. The molecule has 0 bridgehead atoms. The maximum Gasteiger partial charge on any atom is 0.133 e. The molecule has 0 spiro atoms. The van der Waals surface area contributed by atoms with Crippen LogP contribution < -0.4 is 4.74 Å². The molecule has 0 fully saturated rings. The van der Waals surface area contributed by atoms with Crippen molar-refractivity contribution in [3.05, 3.63) is 28.5 Å². The number of rotatable bonds is 5. The highest BCUT2D eigenvalue weighted by molar-refractivity contribution is 9.10. The van der Waals surface area contributed by atoms with Crippen molar-refractivity contribution in [2.24, 2.45) is 5.92 Å². The molecule has 1 nitrogen and oxygen atoms in total. The SMILES string of the molecule is CCCC(C)COc1ccc(F)cc1Br. The van der Waals surface area contributed by atoms with E-state index >= 15 is 0 Å². The number of benzene rings is 1. The zero-order valence-corrected chi connectivity index (χ0v) is 10.7. The molecule has 1 atom stereocenters. The highest BCUT2D eigenvalue weighted by Gasteiger charge is 2.05. The van der Waals surface area contributed by atoms with E-state index in [-0.39, 0.29) is 5.82 Å². The van der Waals surface area contributed by atoms with Crippen LogP contribution in [0.15, 0.2) is 22.7 Å². The van der Waals surface area contributed by atoms with E-state index in [1.54, 1.807) is 6.07 Å². The van der Waals surface area contributed by atoms with Gasteiger partial charge in [0.15, 0.2) is 0 Å². The third kappa shape index (κ3) is 4.20. The minimum Gasteiger partial charge on any atom is -0.492 e. The second-order valence-electron chi connectivity index (χ2n) is 3.78. The van der Waals surface area contributed by atoms with Gasteiger partial charge in [-0.2, -0.15) is 0 Å². The Hall–Kier alpha value is -0.570. The molecular formula is C12H16BrFO. The van der Waals surface area contributed by atoms with Crippen LogP contribution in [0.5, 0.6) is 5.75 Å². The predicted molar refractivity (Wildman–Crippen MR) is 63.7 cm³/mol. The highest BCUT2D eigenvalue weighted by atomic mass is 79.9. The zero-order valence-electron chi connectivity index (χ0n) is 9.09. The van der Waals surface area contributed by atoms with E-state index in [0.717, 1.165) is 12.8 Å². The van der Waals surface area contributed by atoms with Crippen LogP contribution in [0.2, 0.25) is 0 Å². The standard InChI is InChI=1S/C12H16BrFO/c1-3-4-9(2)8-15-12-6-5-10(14)7-11(12)13/h5-7,9H,3-4,8H2,1-2H3. The maximum absolute atomic E-state index is 12.8. The van der Waals surface area contributed by atoms with Crippen LogP contribution in [0.25, 0.3) is 0 Å². The molecule has 0 aliphatic rings. The van der Waals surface area contributed by atoms with Gasteiger partial charge in [-0.15, -0.1) is 0 Å². The molecule has 1 unspecified atom stereocenters. The van der Waals surface area contributed by atoms with Crippen LogP contribution in [0, 0.1) is 11.7 Å². The van der Waals surface area contributed by atoms with Crippen molar-refractivity contribution in [1.82, 2.24) is 0 Å². The fraction of sp³-hybridized carbons (Fsp3) is 0.500.